The first-order valence-electron chi connectivity index (χ1n) is 7.83. The predicted octanol–water partition coefficient (Wildman–Crippen LogP) is 4.54. The second-order valence-electron chi connectivity index (χ2n) is 5.84. The lowest BCUT2D eigenvalue weighted by Crippen LogP contribution is -2.13. The standard InChI is InChI=1S/C19H16N2O3S/c1-11-3-6-15-17(7-11)25-19(20-15)21-18(22)8-12-10-24-16-9-13(23-2)4-5-14(12)16/h3-7,9-10H,8H2,1-2H3,(H,20,21,22). The lowest BCUT2D eigenvalue weighted by atomic mass is 10.1. The molecule has 0 saturated heterocycles. The second kappa shape index (κ2) is 6.22. The molecule has 1 amide bonds. The molecule has 0 atom stereocenters. The van der Waals surface area contributed by atoms with E-state index in [0.717, 1.165) is 26.9 Å². The molecule has 25 heavy (non-hydrogen) atoms. The number of hydrogen-bond donors (Lipinski definition) is 1. The third kappa shape index (κ3) is 3.08. The zero-order valence-corrected chi connectivity index (χ0v) is 14.6. The van der Waals surface area contributed by atoms with E-state index in [0.29, 0.717) is 10.7 Å². The Labute approximate surface area is 148 Å². The molecule has 6 heteroatoms. The molecule has 0 saturated carbocycles. The Morgan fingerprint density at radius 3 is 3.00 bits per heavy atom. The van der Waals surface area contributed by atoms with E-state index < -0.39 is 0 Å². The highest BCUT2D eigenvalue weighted by atomic mass is 32.1. The van der Waals surface area contributed by atoms with Crippen LogP contribution in [0.25, 0.3) is 21.2 Å². The number of thiazole rings is 1. The maximum absolute atomic E-state index is 12.4. The number of carbonyl (C=O) groups excluding carboxylic acids is 1. The molecule has 0 radical (unpaired) electrons. The maximum Gasteiger partial charge on any atom is 0.230 e. The van der Waals surface area contributed by atoms with Gasteiger partial charge >= 0.3 is 0 Å². The molecule has 0 fully saturated rings. The molecule has 0 spiro atoms. The van der Waals surface area contributed by atoms with E-state index in [1.165, 1.54) is 16.9 Å². The Kier molecular flexibility index (Phi) is 3.89. The van der Waals surface area contributed by atoms with Crippen LogP contribution in [0.1, 0.15) is 11.1 Å². The smallest absolute Gasteiger partial charge is 0.230 e. The minimum atomic E-state index is -0.116. The number of hydrogen-bond acceptors (Lipinski definition) is 5. The number of methoxy groups -OCH3 is 1. The predicted molar refractivity (Wildman–Crippen MR) is 99.5 cm³/mol. The van der Waals surface area contributed by atoms with Gasteiger partial charge in [-0.2, -0.15) is 0 Å². The fourth-order valence-corrected chi connectivity index (χ4v) is 3.73. The number of nitrogens with one attached hydrogen (secondary N) is 1. The van der Waals surface area contributed by atoms with Gasteiger partial charge in [-0.05, 0) is 36.8 Å². The molecule has 126 valence electrons. The van der Waals surface area contributed by atoms with Crippen molar-refractivity contribution in [1.82, 2.24) is 4.98 Å². The fraction of sp³-hybridized carbons (Fsp3) is 0.158. The number of nitrogens with zero attached hydrogens (tertiary/aromatic N) is 1. The SMILES string of the molecule is COc1ccc2c(CC(=O)Nc3nc4ccc(C)cc4s3)coc2c1. The van der Waals surface area contributed by atoms with Gasteiger partial charge in [-0.25, -0.2) is 4.98 Å². The number of ether oxygens (including phenoxy) is 1. The summed E-state index contributed by atoms with van der Waals surface area (Å²) in [5, 5.41) is 4.40. The van der Waals surface area contributed by atoms with Gasteiger partial charge in [-0.1, -0.05) is 17.4 Å². The molecule has 2 aromatic heterocycles. The normalized spacial score (nSPS) is 11.1. The molecule has 4 aromatic rings. The van der Waals surface area contributed by atoms with Crippen LogP contribution in [0, 0.1) is 6.92 Å². The Morgan fingerprint density at radius 1 is 1.28 bits per heavy atom. The van der Waals surface area contributed by atoms with Crippen molar-refractivity contribution in [3.8, 4) is 5.75 Å². The number of amides is 1. The van der Waals surface area contributed by atoms with Crippen LogP contribution in [0.4, 0.5) is 5.13 Å². The zero-order chi connectivity index (χ0) is 17.4. The van der Waals surface area contributed by atoms with Gasteiger partial charge in [-0.3, -0.25) is 4.79 Å². The topological polar surface area (TPSA) is 64.4 Å². The van der Waals surface area contributed by atoms with Crippen LogP contribution in [0.15, 0.2) is 47.1 Å². The van der Waals surface area contributed by atoms with Gasteiger partial charge in [0.25, 0.3) is 0 Å². The molecule has 5 nitrogen and oxygen atoms in total. The summed E-state index contributed by atoms with van der Waals surface area (Å²) in [5.74, 6) is 0.608. The van der Waals surface area contributed by atoms with Gasteiger partial charge in [0, 0.05) is 17.0 Å². The van der Waals surface area contributed by atoms with E-state index in [9.17, 15) is 4.79 Å². The molecular formula is C19H16N2O3S. The van der Waals surface area contributed by atoms with Crippen molar-refractivity contribution in [2.45, 2.75) is 13.3 Å². The van der Waals surface area contributed by atoms with Gasteiger partial charge in [0.05, 0.1) is 30.0 Å². The summed E-state index contributed by atoms with van der Waals surface area (Å²) in [6.45, 7) is 2.04. The number of anilines is 1. The second-order valence-corrected chi connectivity index (χ2v) is 6.87. The van der Waals surface area contributed by atoms with E-state index >= 15 is 0 Å². The third-order valence-corrected chi connectivity index (χ3v) is 4.94. The monoisotopic (exact) mass is 352 g/mol. The zero-order valence-electron chi connectivity index (χ0n) is 13.8. The Bertz CT molecular complexity index is 1080. The van der Waals surface area contributed by atoms with Crippen molar-refractivity contribution in [3.63, 3.8) is 0 Å². The summed E-state index contributed by atoms with van der Waals surface area (Å²) in [6.07, 6.45) is 1.85. The molecule has 0 bridgehead atoms. The molecule has 0 aliphatic heterocycles. The number of benzene rings is 2. The largest absolute Gasteiger partial charge is 0.497 e. The van der Waals surface area contributed by atoms with E-state index in [4.69, 9.17) is 9.15 Å². The summed E-state index contributed by atoms with van der Waals surface area (Å²) < 4.78 is 11.8. The highest BCUT2D eigenvalue weighted by Crippen LogP contribution is 2.28. The van der Waals surface area contributed by atoms with E-state index in [2.05, 4.69) is 16.4 Å². The Balaban J connectivity index is 1.53. The van der Waals surface area contributed by atoms with Gasteiger partial charge in [-0.15, -0.1) is 0 Å². The van der Waals surface area contributed by atoms with Crippen LogP contribution < -0.4 is 10.1 Å². The minimum Gasteiger partial charge on any atom is -0.497 e. The van der Waals surface area contributed by atoms with Crippen molar-refractivity contribution < 1.29 is 13.9 Å². The summed E-state index contributed by atoms with van der Waals surface area (Å²) >= 11 is 1.48. The highest BCUT2D eigenvalue weighted by Gasteiger charge is 2.13. The van der Waals surface area contributed by atoms with Crippen LogP contribution in [-0.4, -0.2) is 18.0 Å². The molecular weight excluding hydrogens is 336 g/mol. The van der Waals surface area contributed by atoms with Crippen molar-refractivity contribution in [1.29, 1.82) is 0 Å². The molecule has 0 unspecified atom stereocenters. The molecule has 4 rings (SSSR count). The third-order valence-electron chi connectivity index (χ3n) is 4.00. The van der Waals surface area contributed by atoms with Gasteiger partial charge in [0.2, 0.25) is 5.91 Å². The van der Waals surface area contributed by atoms with Gasteiger partial charge in [0.1, 0.15) is 11.3 Å². The lowest BCUT2D eigenvalue weighted by molar-refractivity contribution is -0.115. The summed E-state index contributed by atoms with van der Waals surface area (Å²) in [5.41, 5.74) is 3.62. The minimum absolute atomic E-state index is 0.116. The van der Waals surface area contributed by atoms with Crippen molar-refractivity contribution in [3.05, 3.63) is 53.8 Å². The van der Waals surface area contributed by atoms with Crippen molar-refractivity contribution in [2.24, 2.45) is 0 Å². The van der Waals surface area contributed by atoms with E-state index in [1.54, 1.807) is 13.4 Å². The quantitative estimate of drug-likeness (QED) is 0.585. The first-order valence-corrected chi connectivity index (χ1v) is 8.65. The van der Waals surface area contributed by atoms with Crippen LogP contribution in [-0.2, 0) is 11.2 Å². The first-order chi connectivity index (χ1) is 12.1. The average Bonchev–Trinajstić information content (AvgIpc) is 3.17. The number of aryl methyl sites for hydroxylation is 1. The van der Waals surface area contributed by atoms with Crippen LogP contribution in [0.2, 0.25) is 0 Å². The van der Waals surface area contributed by atoms with Gasteiger partial charge in [0.15, 0.2) is 5.13 Å². The number of carbonyl (C=O) groups is 1. The fourth-order valence-electron chi connectivity index (χ4n) is 2.75. The highest BCUT2D eigenvalue weighted by molar-refractivity contribution is 7.22. The molecule has 2 heterocycles. The molecule has 1 N–H and O–H groups in total. The summed E-state index contributed by atoms with van der Waals surface area (Å²) in [4.78, 5) is 16.8. The average molecular weight is 352 g/mol. The van der Waals surface area contributed by atoms with Crippen molar-refractivity contribution in [2.75, 3.05) is 12.4 Å². The lowest BCUT2D eigenvalue weighted by Gasteiger charge is -2.01. The van der Waals surface area contributed by atoms with E-state index in [1.807, 2.05) is 37.3 Å². The number of rotatable bonds is 4. The number of fused-ring (bicyclic) bond motifs is 2. The van der Waals surface area contributed by atoms with Crippen molar-refractivity contribution >= 4 is 43.6 Å². The Morgan fingerprint density at radius 2 is 2.16 bits per heavy atom. The van der Waals surface area contributed by atoms with Crippen LogP contribution >= 0.6 is 11.3 Å². The van der Waals surface area contributed by atoms with Crippen LogP contribution in [0.5, 0.6) is 5.75 Å². The van der Waals surface area contributed by atoms with Crippen LogP contribution in [0.3, 0.4) is 0 Å². The summed E-state index contributed by atoms with van der Waals surface area (Å²) in [6, 6.07) is 11.6. The summed E-state index contributed by atoms with van der Waals surface area (Å²) in [7, 11) is 1.61. The Hall–Kier alpha value is -2.86. The van der Waals surface area contributed by atoms with Gasteiger partial charge < -0.3 is 14.5 Å². The maximum atomic E-state index is 12.4. The number of furan rings is 1. The molecule has 2 aromatic carbocycles. The molecule has 0 aliphatic carbocycles. The first kappa shape index (κ1) is 15.7. The number of aromatic nitrogens is 1. The van der Waals surface area contributed by atoms with E-state index in [-0.39, 0.29) is 12.3 Å². The molecule has 0 aliphatic rings.